The third-order valence-corrected chi connectivity index (χ3v) is 7.43. The molecule has 2 unspecified atom stereocenters. The molecular weight excluding hydrogens is 483 g/mol. The molecule has 0 fully saturated rings. The van der Waals surface area contributed by atoms with Gasteiger partial charge in [-0.05, 0) is 56.0 Å². The van der Waals surface area contributed by atoms with E-state index >= 15 is 0 Å². The topological polar surface area (TPSA) is 141 Å². The number of rotatable bonds is 13. The van der Waals surface area contributed by atoms with E-state index in [1.165, 1.54) is 32.0 Å². The van der Waals surface area contributed by atoms with Crippen molar-refractivity contribution in [1.82, 2.24) is 0 Å². The van der Waals surface area contributed by atoms with Crippen molar-refractivity contribution in [3.63, 3.8) is 0 Å². The minimum Gasteiger partial charge on any atom is -0.550 e. The Morgan fingerprint density at radius 1 is 1.11 bits per heavy atom. The molecule has 186 valence electrons. The molecule has 2 atom stereocenters. The summed E-state index contributed by atoms with van der Waals surface area (Å²) in [5.41, 5.74) is 1.37. The Bertz CT molecular complexity index is 1110. The van der Waals surface area contributed by atoms with Crippen LogP contribution in [-0.2, 0) is 27.5 Å². The Hall–Kier alpha value is -1.91. The van der Waals surface area contributed by atoms with Gasteiger partial charge in [0.05, 0.1) is 28.9 Å². The zero-order valence-electron chi connectivity index (χ0n) is 20.6. The number of phenolic OH excluding ortho intramolecular Hbond substituents is 1. The number of carboxylic acid groups (broad SMARTS) is 1. The van der Waals surface area contributed by atoms with Gasteiger partial charge in [-0.25, -0.2) is 8.42 Å². The number of carbonyl (C=O) groups is 2. The van der Waals surface area contributed by atoms with E-state index in [1.807, 2.05) is 6.92 Å². The van der Waals surface area contributed by atoms with Crippen LogP contribution in [0, 0.1) is 5.92 Å². The molecule has 0 spiro atoms. The Balaban J connectivity index is 0.00000612. The van der Waals surface area contributed by atoms with Crippen LogP contribution in [0.1, 0.15) is 55.1 Å². The van der Waals surface area contributed by atoms with Crippen LogP contribution in [0.5, 0.6) is 11.5 Å². The van der Waals surface area contributed by atoms with E-state index in [2.05, 4.69) is 0 Å². The van der Waals surface area contributed by atoms with E-state index in [1.54, 1.807) is 18.2 Å². The summed E-state index contributed by atoms with van der Waals surface area (Å²) in [7, 11) is -3.58. The van der Waals surface area contributed by atoms with Crippen LogP contribution in [0.15, 0.2) is 41.3 Å². The van der Waals surface area contributed by atoms with Crippen molar-refractivity contribution in [3.8, 4) is 11.5 Å². The molecule has 0 aliphatic carbocycles. The van der Waals surface area contributed by atoms with Crippen LogP contribution in [0.3, 0.4) is 0 Å². The zero-order chi connectivity index (χ0) is 25.5. The van der Waals surface area contributed by atoms with Crippen molar-refractivity contribution < 1.29 is 67.6 Å². The minimum atomic E-state index is -3.58. The maximum absolute atomic E-state index is 12.6. The predicted molar refractivity (Wildman–Crippen MR) is 125 cm³/mol. The van der Waals surface area contributed by atoms with Gasteiger partial charge < -0.3 is 24.9 Å². The standard InChI is InChI=1S/C25H32O8S.Na/c1-4-6-21-23(12-11-20(17(3)26)24(21)28)33-13-5-14-34(31,32)19-9-7-18(8-10-19)15-22(27)16(2)25(29)30;/h7-12,16,22,27-28H,4-6,13-15H2,1-3H3,(H,29,30);/q;+1/p-1. The largest absolute Gasteiger partial charge is 1.00 e. The average molecular weight is 515 g/mol. The molecule has 10 heteroatoms. The summed E-state index contributed by atoms with van der Waals surface area (Å²) < 4.78 is 31.0. The van der Waals surface area contributed by atoms with Crippen LogP contribution >= 0.6 is 0 Å². The van der Waals surface area contributed by atoms with Gasteiger partial charge in [0.15, 0.2) is 15.6 Å². The van der Waals surface area contributed by atoms with Crippen LogP contribution in [0.4, 0.5) is 0 Å². The number of aliphatic carboxylic acids is 1. The maximum Gasteiger partial charge on any atom is 1.00 e. The molecule has 35 heavy (non-hydrogen) atoms. The SMILES string of the molecule is CCCc1c(OCCCS(=O)(=O)c2ccc(CC(O)C(C)C(=O)[O-])cc2)ccc(C(C)=O)c1O.[Na+]. The van der Waals surface area contributed by atoms with Crippen LogP contribution in [-0.4, -0.2) is 48.8 Å². The molecule has 0 heterocycles. The fourth-order valence-corrected chi connectivity index (χ4v) is 4.77. The van der Waals surface area contributed by atoms with E-state index in [0.29, 0.717) is 23.3 Å². The van der Waals surface area contributed by atoms with Gasteiger partial charge in [0.25, 0.3) is 0 Å². The molecular formula is C25H31NaO8S. The molecule has 0 aliphatic rings. The summed E-state index contributed by atoms with van der Waals surface area (Å²) >= 11 is 0. The zero-order valence-corrected chi connectivity index (χ0v) is 23.4. The van der Waals surface area contributed by atoms with Crippen LogP contribution < -0.4 is 39.4 Å². The number of phenols is 1. The van der Waals surface area contributed by atoms with E-state index in [9.17, 15) is 33.3 Å². The van der Waals surface area contributed by atoms with E-state index in [0.717, 1.165) is 6.42 Å². The first-order chi connectivity index (χ1) is 16.0. The summed E-state index contributed by atoms with van der Waals surface area (Å²) in [6.45, 7) is 4.77. The predicted octanol–water partition coefficient (Wildman–Crippen LogP) is -0.916. The van der Waals surface area contributed by atoms with Crippen molar-refractivity contribution in [1.29, 1.82) is 0 Å². The average Bonchev–Trinajstić information content (AvgIpc) is 2.78. The molecule has 8 nitrogen and oxygen atoms in total. The summed E-state index contributed by atoms with van der Waals surface area (Å²) in [6, 6.07) is 9.06. The Morgan fingerprint density at radius 3 is 2.29 bits per heavy atom. The number of aliphatic hydroxyl groups is 1. The molecule has 0 aromatic heterocycles. The number of sulfone groups is 1. The van der Waals surface area contributed by atoms with E-state index < -0.39 is 27.8 Å². The van der Waals surface area contributed by atoms with Gasteiger partial charge in [-0.1, -0.05) is 32.4 Å². The number of ketones is 1. The fourth-order valence-electron chi connectivity index (χ4n) is 3.49. The monoisotopic (exact) mass is 514 g/mol. The summed E-state index contributed by atoms with van der Waals surface area (Å²) in [5.74, 6) is -2.46. The Kier molecular flexibility index (Phi) is 12.4. The van der Waals surface area contributed by atoms with Crippen LogP contribution in [0.25, 0.3) is 0 Å². The summed E-state index contributed by atoms with van der Waals surface area (Å²) in [6.07, 6.45) is 0.402. The van der Waals surface area contributed by atoms with Gasteiger partial charge in [-0.2, -0.15) is 0 Å². The second kappa shape index (κ2) is 14.0. The number of benzene rings is 2. The summed E-state index contributed by atoms with van der Waals surface area (Å²) in [5, 5.41) is 31.2. The Morgan fingerprint density at radius 2 is 1.74 bits per heavy atom. The fraction of sp³-hybridized carbons (Fsp3) is 0.440. The van der Waals surface area contributed by atoms with Crippen LogP contribution in [0.2, 0.25) is 0 Å². The number of carbonyl (C=O) groups excluding carboxylic acids is 2. The van der Waals surface area contributed by atoms with Gasteiger partial charge in [0, 0.05) is 17.5 Å². The van der Waals surface area contributed by atoms with Crippen molar-refractivity contribution in [2.45, 2.75) is 57.5 Å². The molecule has 0 radical (unpaired) electrons. The van der Waals surface area contributed by atoms with Gasteiger partial charge in [-0.15, -0.1) is 0 Å². The van der Waals surface area contributed by atoms with Crippen molar-refractivity contribution in [3.05, 3.63) is 53.1 Å². The molecule has 2 aromatic carbocycles. The number of hydrogen-bond acceptors (Lipinski definition) is 8. The van der Waals surface area contributed by atoms with Crippen molar-refractivity contribution in [2.24, 2.45) is 5.92 Å². The number of aliphatic hydroxyl groups excluding tert-OH is 1. The normalized spacial score (nSPS) is 12.9. The van der Waals surface area contributed by atoms with Crippen molar-refractivity contribution >= 4 is 21.6 Å². The molecule has 2 rings (SSSR count). The number of carboxylic acids is 1. The molecule has 0 amide bonds. The number of hydrogen-bond donors (Lipinski definition) is 2. The first-order valence-electron chi connectivity index (χ1n) is 11.2. The number of Topliss-reactive ketones (excluding diaryl/α,β-unsaturated/α-hetero) is 1. The first-order valence-corrected chi connectivity index (χ1v) is 12.8. The quantitative estimate of drug-likeness (QED) is 0.199. The molecule has 2 N–H and O–H groups in total. The molecule has 0 aliphatic heterocycles. The molecule has 0 bridgehead atoms. The Labute approximate surface area is 228 Å². The van der Waals surface area contributed by atoms with E-state index in [4.69, 9.17) is 4.74 Å². The maximum atomic E-state index is 12.6. The van der Waals surface area contributed by atoms with Gasteiger partial charge >= 0.3 is 29.6 Å². The third kappa shape index (κ3) is 8.61. The third-order valence-electron chi connectivity index (χ3n) is 5.61. The number of aromatic hydroxyl groups is 1. The molecule has 0 saturated carbocycles. The smallest absolute Gasteiger partial charge is 0.550 e. The minimum absolute atomic E-state index is 0. The number of ether oxygens (including phenoxy) is 1. The van der Waals surface area contributed by atoms with E-state index in [-0.39, 0.29) is 76.8 Å². The summed E-state index contributed by atoms with van der Waals surface area (Å²) in [4.78, 5) is 22.6. The van der Waals surface area contributed by atoms with Gasteiger partial charge in [0.1, 0.15) is 11.5 Å². The second-order valence-electron chi connectivity index (χ2n) is 8.29. The second-order valence-corrected chi connectivity index (χ2v) is 10.4. The first kappa shape index (κ1) is 31.1. The van der Waals surface area contributed by atoms with Gasteiger partial charge in [0.2, 0.25) is 0 Å². The van der Waals surface area contributed by atoms with Gasteiger partial charge in [-0.3, -0.25) is 4.79 Å². The molecule has 0 saturated heterocycles. The molecule has 2 aromatic rings. The van der Waals surface area contributed by atoms with Crippen molar-refractivity contribution in [2.75, 3.05) is 12.4 Å².